The minimum Gasteiger partial charge on any atom is -0.311 e. The van der Waals surface area contributed by atoms with Crippen LogP contribution in [-0.4, -0.2) is 30.6 Å². The highest BCUT2D eigenvalue weighted by Crippen LogP contribution is 2.46. The zero-order valence-corrected chi connectivity index (χ0v) is 14.2. The largest absolute Gasteiger partial charge is 0.311 e. The third-order valence-corrected chi connectivity index (χ3v) is 6.05. The lowest BCUT2D eigenvalue weighted by Gasteiger charge is -2.45. The summed E-state index contributed by atoms with van der Waals surface area (Å²) < 4.78 is 0. The highest BCUT2D eigenvalue weighted by atomic mass is 35.5. The van der Waals surface area contributed by atoms with E-state index in [2.05, 4.69) is 23.3 Å². The number of benzene rings is 1. The monoisotopic (exact) mass is 326 g/mol. The average Bonchev–Trinajstić information content (AvgIpc) is 3.15. The van der Waals surface area contributed by atoms with Gasteiger partial charge in [0.1, 0.15) is 0 Å². The molecule has 1 N–H and O–H groups in total. The first-order valence-electron chi connectivity index (χ1n) is 8.05. The molecule has 2 fully saturated rings. The molecule has 0 spiro atoms. The van der Waals surface area contributed by atoms with Crippen molar-refractivity contribution in [3.05, 3.63) is 33.8 Å². The molecule has 1 heterocycles. The van der Waals surface area contributed by atoms with Crippen LogP contribution in [0.25, 0.3) is 0 Å². The molecule has 116 valence electrons. The van der Waals surface area contributed by atoms with E-state index in [0.717, 1.165) is 0 Å². The summed E-state index contributed by atoms with van der Waals surface area (Å²) in [5.41, 5.74) is 1.52. The van der Waals surface area contributed by atoms with Crippen LogP contribution >= 0.6 is 23.2 Å². The molecule has 3 rings (SSSR count). The summed E-state index contributed by atoms with van der Waals surface area (Å²) in [4.78, 5) is 2.73. The van der Waals surface area contributed by atoms with Gasteiger partial charge < -0.3 is 5.32 Å². The van der Waals surface area contributed by atoms with E-state index in [1.807, 2.05) is 12.1 Å². The molecule has 2 aliphatic rings. The summed E-state index contributed by atoms with van der Waals surface area (Å²) in [5, 5.41) is 4.87. The Bertz CT molecular complexity index is 492. The molecule has 2 nitrogen and oxygen atoms in total. The number of hydrogen-bond acceptors (Lipinski definition) is 2. The van der Waals surface area contributed by atoms with Gasteiger partial charge in [0.05, 0.1) is 16.1 Å². The van der Waals surface area contributed by atoms with E-state index in [1.165, 1.54) is 57.2 Å². The maximum Gasteiger partial charge on any atom is 0.0595 e. The maximum atomic E-state index is 6.25. The summed E-state index contributed by atoms with van der Waals surface area (Å²) in [6.45, 7) is 2.47. The molecular weight excluding hydrogens is 303 g/mol. The molecule has 0 radical (unpaired) electrons. The Morgan fingerprint density at radius 1 is 1.05 bits per heavy atom. The van der Waals surface area contributed by atoms with Crippen molar-refractivity contribution in [3.8, 4) is 0 Å². The van der Waals surface area contributed by atoms with E-state index < -0.39 is 0 Å². The molecule has 1 aromatic rings. The van der Waals surface area contributed by atoms with Crippen LogP contribution in [0.3, 0.4) is 0 Å². The van der Waals surface area contributed by atoms with Crippen LogP contribution < -0.4 is 5.32 Å². The van der Waals surface area contributed by atoms with Crippen molar-refractivity contribution in [2.45, 2.75) is 50.1 Å². The van der Waals surface area contributed by atoms with E-state index >= 15 is 0 Å². The van der Waals surface area contributed by atoms with Crippen LogP contribution in [0.1, 0.15) is 50.1 Å². The number of nitrogens with zero attached hydrogens (tertiary/aromatic N) is 1. The van der Waals surface area contributed by atoms with Gasteiger partial charge in [0, 0.05) is 5.54 Å². The van der Waals surface area contributed by atoms with Crippen LogP contribution in [0, 0.1) is 0 Å². The van der Waals surface area contributed by atoms with Crippen molar-refractivity contribution < 1.29 is 0 Å². The maximum absolute atomic E-state index is 6.25. The third kappa shape index (κ3) is 2.84. The number of rotatable bonds is 4. The average molecular weight is 327 g/mol. The Morgan fingerprint density at radius 3 is 2.29 bits per heavy atom. The van der Waals surface area contributed by atoms with Crippen molar-refractivity contribution in [2.24, 2.45) is 0 Å². The lowest BCUT2D eigenvalue weighted by Crippen LogP contribution is -2.53. The van der Waals surface area contributed by atoms with Crippen LogP contribution in [0.4, 0.5) is 0 Å². The van der Waals surface area contributed by atoms with Gasteiger partial charge in [-0.05, 0) is 63.5 Å². The normalized spacial score (nSPS) is 23.6. The van der Waals surface area contributed by atoms with Gasteiger partial charge in [-0.25, -0.2) is 0 Å². The molecular formula is C17H24Cl2N2. The van der Waals surface area contributed by atoms with Crippen LogP contribution in [0.15, 0.2) is 18.2 Å². The number of halogens is 2. The van der Waals surface area contributed by atoms with Gasteiger partial charge in [-0.3, -0.25) is 4.90 Å². The first-order valence-corrected chi connectivity index (χ1v) is 8.80. The zero-order valence-electron chi connectivity index (χ0n) is 12.7. The lowest BCUT2D eigenvalue weighted by atomic mass is 9.82. The van der Waals surface area contributed by atoms with Crippen LogP contribution in [-0.2, 0) is 0 Å². The van der Waals surface area contributed by atoms with Gasteiger partial charge >= 0.3 is 0 Å². The number of nitrogens with one attached hydrogen (secondary N) is 1. The summed E-state index contributed by atoms with van der Waals surface area (Å²) in [7, 11) is 2.07. The Balaban J connectivity index is 1.96. The fourth-order valence-electron chi connectivity index (χ4n) is 4.37. The highest BCUT2D eigenvalue weighted by molar-refractivity contribution is 6.42. The Morgan fingerprint density at radius 2 is 1.71 bits per heavy atom. The van der Waals surface area contributed by atoms with Crippen molar-refractivity contribution >= 4 is 23.2 Å². The van der Waals surface area contributed by atoms with Gasteiger partial charge in [-0.2, -0.15) is 0 Å². The molecule has 4 heteroatoms. The minimum absolute atomic E-state index is 0.252. The first kappa shape index (κ1) is 15.6. The molecule has 21 heavy (non-hydrogen) atoms. The van der Waals surface area contributed by atoms with E-state index in [9.17, 15) is 0 Å². The molecule has 1 saturated heterocycles. The van der Waals surface area contributed by atoms with Gasteiger partial charge in [-0.15, -0.1) is 0 Å². The standard InChI is InChI=1S/C17H24Cl2N2/c1-20-16(13-6-7-14(18)15(19)12-13)17(8-2-3-9-17)21-10-4-5-11-21/h6-7,12,16,20H,2-5,8-11H2,1H3. The predicted octanol–water partition coefficient (Wildman–Crippen LogP) is 4.66. The lowest BCUT2D eigenvalue weighted by molar-refractivity contribution is 0.0796. The molecule has 0 bridgehead atoms. The zero-order chi connectivity index (χ0) is 14.9. The second kappa shape index (κ2) is 6.45. The van der Waals surface area contributed by atoms with Crippen molar-refractivity contribution in [1.29, 1.82) is 0 Å². The second-order valence-corrected chi connectivity index (χ2v) is 7.21. The fraction of sp³-hybridized carbons (Fsp3) is 0.647. The van der Waals surface area contributed by atoms with Crippen molar-refractivity contribution in [3.63, 3.8) is 0 Å². The van der Waals surface area contributed by atoms with E-state index in [0.29, 0.717) is 16.1 Å². The van der Waals surface area contributed by atoms with Crippen LogP contribution in [0.2, 0.25) is 10.0 Å². The fourth-order valence-corrected chi connectivity index (χ4v) is 4.68. The Labute approximate surface area is 137 Å². The predicted molar refractivity (Wildman–Crippen MR) is 90.3 cm³/mol. The topological polar surface area (TPSA) is 15.3 Å². The summed E-state index contributed by atoms with van der Waals surface area (Å²) in [6, 6.07) is 6.43. The van der Waals surface area contributed by atoms with Gasteiger partial charge in [0.15, 0.2) is 0 Å². The molecule has 1 unspecified atom stereocenters. The third-order valence-electron chi connectivity index (χ3n) is 5.31. The second-order valence-electron chi connectivity index (χ2n) is 6.40. The van der Waals surface area contributed by atoms with Gasteiger partial charge in [0.2, 0.25) is 0 Å². The quantitative estimate of drug-likeness (QED) is 0.865. The van der Waals surface area contributed by atoms with Crippen molar-refractivity contribution in [2.75, 3.05) is 20.1 Å². The molecule has 0 amide bonds. The summed E-state index contributed by atoms with van der Waals surface area (Å²) >= 11 is 12.3. The van der Waals surface area contributed by atoms with Gasteiger partial charge in [-0.1, -0.05) is 42.1 Å². The Hall–Kier alpha value is -0.280. The molecule has 1 atom stereocenters. The summed E-state index contributed by atoms with van der Waals surface area (Å²) in [5.74, 6) is 0. The number of likely N-dealkylation sites (tertiary alicyclic amines) is 1. The number of likely N-dealkylation sites (N-methyl/N-ethyl adjacent to an activating group) is 1. The van der Waals surface area contributed by atoms with E-state index in [4.69, 9.17) is 23.2 Å². The molecule has 1 saturated carbocycles. The smallest absolute Gasteiger partial charge is 0.0595 e. The molecule has 1 aliphatic heterocycles. The Kier molecular flexibility index (Phi) is 4.80. The summed E-state index contributed by atoms with van der Waals surface area (Å²) in [6.07, 6.45) is 7.88. The molecule has 1 aliphatic carbocycles. The van der Waals surface area contributed by atoms with Gasteiger partial charge in [0.25, 0.3) is 0 Å². The van der Waals surface area contributed by atoms with E-state index in [1.54, 1.807) is 0 Å². The van der Waals surface area contributed by atoms with E-state index in [-0.39, 0.29) is 5.54 Å². The molecule has 0 aromatic heterocycles. The molecule has 1 aromatic carbocycles. The SMILES string of the molecule is CNC(c1ccc(Cl)c(Cl)c1)C1(N2CCCC2)CCCC1. The van der Waals surface area contributed by atoms with Crippen molar-refractivity contribution in [1.82, 2.24) is 10.2 Å². The van der Waals surface area contributed by atoms with Crippen LogP contribution in [0.5, 0.6) is 0 Å². The highest BCUT2D eigenvalue weighted by Gasteiger charge is 2.46. The number of hydrogen-bond donors (Lipinski definition) is 1. The minimum atomic E-state index is 0.252. The first-order chi connectivity index (χ1) is 10.2.